The number of carbonyl (C=O) groups excluding carboxylic acids is 1. The number of hydrogen-bond donors (Lipinski definition) is 1. The van der Waals surface area contributed by atoms with Crippen LogP contribution in [0.15, 0.2) is 48.5 Å². The maximum Gasteiger partial charge on any atom is 0.235 e. The predicted molar refractivity (Wildman–Crippen MR) is 106 cm³/mol. The van der Waals surface area contributed by atoms with Crippen molar-refractivity contribution >= 4 is 11.6 Å². The zero-order valence-electron chi connectivity index (χ0n) is 16.0. The lowest BCUT2D eigenvalue weighted by Crippen LogP contribution is -2.37. The molecular formula is C22H27NO4. The topological polar surface area (TPSA) is 56.8 Å². The molecule has 2 aromatic rings. The maximum atomic E-state index is 13.2. The van der Waals surface area contributed by atoms with Crippen molar-refractivity contribution in [3.63, 3.8) is 0 Å². The molecule has 5 nitrogen and oxygen atoms in total. The first-order chi connectivity index (χ1) is 13.2. The third kappa shape index (κ3) is 4.42. The van der Waals surface area contributed by atoms with Gasteiger partial charge in [-0.25, -0.2) is 0 Å². The lowest BCUT2D eigenvalue weighted by Gasteiger charge is -2.28. The second kappa shape index (κ2) is 8.91. The molecule has 1 amide bonds. The van der Waals surface area contributed by atoms with E-state index in [1.807, 2.05) is 48.5 Å². The Labute approximate surface area is 160 Å². The van der Waals surface area contributed by atoms with E-state index in [0.29, 0.717) is 13.2 Å². The van der Waals surface area contributed by atoms with Crippen LogP contribution in [0.4, 0.5) is 5.69 Å². The number of methoxy groups -OCH3 is 2. The Morgan fingerprint density at radius 2 is 1.56 bits per heavy atom. The summed E-state index contributed by atoms with van der Waals surface area (Å²) in [5, 5.41) is 3.10. The van der Waals surface area contributed by atoms with Crippen molar-refractivity contribution in [3.8, 4) is 11.5 Å². The normalized spacial score (nSPS) is 15.3. The number of anilines is 1. The molecule has 0 unspecified atom stereocenters. The summed E-state index contributed by atoms with van der Waals surface area (Å²) in [7, 11) is 3.29. The summed E-state index contributed by atoms with van der Waals surface area (Å²) in [6.45, 7) is 1.05. The molecule has 1 N–H and O–H groups in total. The summed E-state index contributed by atoms with van der Waals surface area (Å²) in [6, 6.07) is 15.3. The number of rotatable bonds is 8. The minimum atomic E-state index is -0.472. The number of carbonyl (C=O) groups is 1. The van der Waals surface area contributed by atoms with Gasteiger partial charge in [0.05, 0.1) is 19.1 Å². The second-order valence-corrected chi connectivity index (χ2v) is 6.84. The van der Waals surface area contributed by atoms with E-state index in [2.05, 4.69) is 5.32 Å². The maximum absolute atomic E-state index is 13.2. The lowest BCUT2D eigenvalue weighted by molar-refractivity contribution is -0.121. The lowest BCUT2D eigenvalue weighted by atomic mass is 9.78. The Hall–Kier alpha value is -2.53. The third-order valence-corrected chi connectivity index (χ3v) is 5.20. The van der Waals surface area contributed by atoms with E-state index < -0.39 is 5.41 Å². The molecule has 0 heterocycles. The first-order valence-corrected chi connectivity index (χ1v) is 9.36. The average molecular weight is 369 g/mol. The van der Waals surface area contributed by atoms with Crippen LogP contribution in [-0.4, -0.2) is 33.3 Å². The van der Waals surface area contributed by atoms with Gasteiger partial charge in [0.15, 0.2) is 0 Å². The number of amides is 1. The number of benzene rings is 2. The molecule has 1 aliphatic carbocycles. The van der Waals surface area contributed by atoms with Crippen molar-refractivity contribution in [2.24, 2.45) is 0 Å². The van der Waals surface area contributed by atoms with E-state index in [-0.39, 0.29) is 5.91 Å². The van der Waals surface area contributed by atoms with Gasteiger partial charge in [0, 0.05) is 12.8 Å². The largest absolute Gasteiger partial charge is 0.497 e. The minimum Gasteiger partial charge on any atom is -0.497 e. The van der Waals surface area contributed by atoms with Crippen molar-refractivity contribution in [1.29, 1.82) is 0 Å². The highest BCUT2D eigenvalue weighted by atomic mass is 16.5. The van der Waals surface area contributed by atoms with Crippen molar-refractivity contribution in [2.75, 3.05) is 32.8 Å². The van der Waals surface area contributed by atoms with Crippen LogP contribution in [0.5, 0.6) is 11.5 Å². The van der Waals surface area contributed by atoms with E-state index in [0.717, 1.165) is 48.4 Å². The van der Waals surface area contributed by atoms with Crippen LogP contribution >= 0.6 is 0 Å². The summed E-state index contributed by atoms with van der Waals surface area (Å²) in [6.07, 6.45) is 3.85. The third-order valence-electron chi connectivity index (χ3n) is 5.20. The molecule has 0 saturated heterocycles. The van der Waals surface area contributed by atoms with E-state index >= 15 is 0 Å². The Morgan fingerprint density at radius 3 is 2.15 bits per heavy atom. The van der Waals surface area contributed by atoms with Crippen LogP contribution in [0, 0.1) is 0 Å². The van der Waals surface area contributed by atoms with Crippen LogP contribution in [0.2, 0.25) is 0 Å². The molecule has 1 aliphatic rings. The van der Waals surface area contributed by atoms with Gasteiger partial charge in [-0.2, -0.15) is 0 Å². The fourth-order valence-electron chi connectivity index (χ4n) is 3.66. The summed E-state index contributed by atoms with van der Waals surface area (Å²) >= 11 is 0. The summed E-state index contributed by atoms with van der Waals surface area (Å²) in [5.74, 6) is 1.62. The molecule has 144 valence electrons. The van der Waals surface area contributed by atoms with Crippen LogP contribution in [0.3, 0.4) is 0 Å². The Morgan fingerprint density at radius 1 is 0.926 bits per heavy atom. The molecule has 0 atom stereocenters. The summed E-state index contributed by atoms with van der Waals surface area (Å²) in [4.78, 5) is 13.2. The molecule has 5 heteroatoms. The van der Waals surface area contributed by atoms with Crippen molar-refractivity contribution < 1.29 is 19.0 Å². The SMILES string of the molecule is COCCOc1ccc(NC(=O)C2(c3ccc(OC)cc3)CCCC2)cc1. The Balaban J connectivity index is 1.72. The molecule has 27 heavy (non-hydrogen) atoms. The highest BCUT2D eigenvalue weighted by Gasteiger charge is 2.42. The molecular weight excluding hydrogens is 342 g/mol. The molecule has 0 bridgehead atoms. The average Bonchev–Trinajstić information content (AvgIpc) is 3.21. The highest BCUT2D eigenvalue weighted by molar-refractivity contribution is 5.99. The fraction of sp³-hybridized carbons (Fsp3) is 0.409. The first-order valence-electron chi connectivity index (χ1n) is 9.36. The molecule has 0 aromatic heterocycles. The molecule has 0 radical (unpaired) electrons. The standard InChI is InChI=1S/C22H27NO4/c1-25-15-16-27-20-11-7-18(8-12-20)23-21(24)22(13-3-4-14-22)17-5-9-19(26-2)10-6-17/h5-12H,3-4,13-16H2,1-2H3,(H,23,24). The molecule has 1 saturated carbocycles. The van der Waals surface area contributed by atoms with Crippen LogP contribution in [0.1, 0.15) is 31.2 Å². The number of ether oxygens (including phenoxy) is 3. The van der Waals surface area contributed by atoms with E-state index in [1.54, 1.807) is 14.2 Å². The smallest absolute Gasteiger partial charge is 0.235 e. The van der Waals surface area contributed by atoms with E-state index in [9.17, 15) is 4.79 Å². The van der Waals surface area contributed by atoms with Crippen LogP contribution in [-0.2, 0) is 14.9 Å². The fourth-order valence-corrected chi connectivity index (χ4v) is 3.66. The number of hydrogen-bond acceptors (Lipinski definition) is 4. The van der Waals surface area contributed by atoms with Crippen molar-refractivity contribution in [2.45, 2.75) is 31.1 Å². The van der Waals surface area contributed by atoms with Crippen LogP contribution < -0.4 is 14.8 Å². The monoisotopic (exact) mass is 369 g/mol. The predicted octanol–water partition coefficient (Wildman–Crippen LogP) is 4.17. The van der Waals surface area contributed by atoms with Crippen molar-refractivity contribution in [3.05, 3.63) is 54.1 Å². The quantitative estimate of drug-likeness (QED) is 0.710. The van der Waals surface area contributed by atoms with Gasteiger partial charge < -0.3 is 19.5 Å². The molecule has 1 fully saturated rings. The minimum absolute atomic E-state index is 0.0539. The molecule has 0 aliphatic heterocycles. The van der Waals surface area contributed by atoms with Crippen molar-refractivity contribution in [1.82, 2.24) is 0 Å². The van der Waals surface area contributed by atoms with Gasteiger partial charge in [0.25, 0.3) is 0 Å². The number of nitrogens with one attached hydrogen (secondary N) is 1. The molecule has 0 spiro atoms. The van der Waals surface area contributed by atoms with Gasteiger partial charge in [0.2, 0.25) is 5.91 Å². The highest BCUT2D eigenvalue weighted by Crippen LogP contribution is 2.42. The zero-order chi connectivity index (χ0) is 19.1. The summed E-state index contributed by atoms with van der Waals surface area (Å²) in [5.41, 5.74) is 1.36. The van der Waals surface area contributed by atoms with Gasteiger partial charge in [-0.3, -0.25) is 4.79 Å². The van der Waals surface area contributed by atoms with Gasteiger partial charge in [0.1, 0.15) is 18.1 Å². The Kier molecular flexibility index (Phi) is 6.35. The van der Waals surface area contributed by atoms with E-state index in [4.69, 9.17) is 14.2 Å². The summed E-state index contributed by atoms with van der Waals surface area (Å²) < 4.78 is 15.8. The zero-order valence-corrected chi connectivity index (χ0v) is 16.0. The molecule has 2 aromatic carbocycles. The van der Waals surface area contributed by atoms with Gasteiger partial charge >= 0.3 is 0 Å². The van der Waals surface area contributed by atoms with E-state index in [1.165, 1.54) is 0 Å². The van der Waals surface area contributed by atoms with Gasteiger partial charge in [-0.15, -0.1) is 0 Å². The second-order valence-electron chi connectivity index (χ2n) is 6.84. The first kappa shape index (κ1) is 19.2. The molecule has 3 rings (SSSR count). The Bertz CT molecular complexity index is 734. The van der Waals surface area contributed by atoms with Gasteiger partial charge in [-0.05, 0) is 54.8 Å². The van der Waals surface area contributed by atoms with Gasteiger partial charge in [-0.1, -0.05) is 25.0 Å². The van der Waals surface area contributed by atoms with Crippen LogP contribution in [0.25, 0.3) is 0 Å².